The van der Waals surface area contributed by atoms with Crippen molar-refractivity contribution >= 4 is 15.7 Å². The van der Waals surface area contributed by atoms with Gasteiger partial charge in [-0.2, -0.15) is 0 Å². The van der Waals surface area contributed by atoms with E-state index in [2.05, 4.69) is 0 Å². The summed E-state index contributed by atoms with van der Waals surface area (Å²) in [5.74, 6) is 0.836. The molecule has 0 atom stereocenters. The summed E-state index contributed by atoms with van der Waals surface area (Å²) >= 11 is 0. The zero-order chi connectivity index (χ0) is 14.2. The van der Waals surface area contributed by atoms with E-state index >= 15 is 0 Å². The number of hydrogen-bond donors (Lipinski definition) is 1. The van der Waals surface area contributed by atoms with Gasteiger partial charge >= 0.3 is 0 Å². The molecular formula is C13H20N2O3S. The average molecular weight is 284 g/mol. The van der Waals surface area contributed by atoms with E-state index in [-0.39, 0.29) is 4.90 Å². The maximum atomic E-state index is 12.5. The molecule has 0 spiro atoms. The highest BCUT2D eigenvalue weighted by molar-refractivity contribution is 7.89. The molecule has 0 saturated heterocycles. The lowest BCUT2D eigenvalue weighted by molar-refractivity contribution is 0.396. The molecule has 6 heteroatoms. The van der Waals surface area contributed by atoms with E-state index in [1.54, 1.807) is 13.1 Å². The molecule has 1 fully saturated rings. The van der Waals surface area contributed by atoms with Crippen LogP contribution in [0, 0.1) is 12.8 Å². The third-order valence-corrected chi connectivity index (χ3v) is 5.30. The molecule has 2 rings (SSSR count). The Kier molecular flexibility index (Phi) is 3.73. The van der Waals surface area contributed by atoms with Gasteiger partial charge in [-0.1, -0.05) is 0 Å². The van der Waals surface area contributed by atoms with Crippen molar-refractivity contribution in [3.8, 4) is 5.75 Å². The highest BCUT2D eigenvalue weighted by Gasteiger charge is 2.31. The summed E-state index contributed by atoms with van der Waals surface area (Å²) in [6.07, 6.45) is 2.21. The van der Waals surface area contributed by atoms with Crippen LogP contribution in [0.2, 0.25) is 0 Å². The summed E-state index contributed by atoms with van der Waals surface area (Å²) < 4.78 is 31.6. The number of aryl methyl sites for hydroxylation is 1. The summed E-state index contributed by atoms with van der Waals surface area (Å²) in [5.41, 5.74) is 7.08. The lowest BCUT2D eigenvalue weighted by Gasteiger charge is -2.19. The third-order valence-electron chi connectivity index (χ3n) is 3.45. The fourth-order valence-corrected chi connectivity index (χ4v) is 3.38. The van der Waals surface area contributed by atoms with Crippen molar-refractivity contribution in [2.45, 2.75) is 24.7 Å². The van der Waals surface area contributed by atoms with Gasteiger partial charge in [0.25, 0.3) is 0 Å². The summed E-state index contributed by atoms with van der Waals surface area (Å²) in [6, 6.07) is 3.14. The maximum absolute atomic E-state index is 12.5. The Morgan fingerprint density at radius 2 is 2.05 bits per heavy atom. The topological polar surface area (TPSA) is 72.6 Å². The van der Waals surface area contributed by atoms with Gasteiger partial charge in [-0.15, -0.1) is 0 Å². The first-order chi connectivity index (χ1) is 8.86. The number of sulfonamides is 1. The zero-order valence-electron chi connectivity index (χ0n) is 11.5. The van der Waals surface area contributed by atoms with Crippen LogP contribution in [-0.2, 0) is 10.0 Å². The number of methoxy groups -OCH3 is 1. The first-order valence-corrected chi connectivity index (χ1v) is 7.70. The highest BCUT2D eigenvalue weighted by atomic mass is 32.2. The van der Waals surface area contributed by atoms with Crippen molar-refractivity contribution in [1.29, 1.82) is 0 Å². The minimum Gasteiger partial charge on any atom is -0.495 e. The Bertz CT molecular complexity index is 580. The molecule has 1 aromatic carbocycles. The molecule has 0 heterocycles. The lowest BCUT2D eigenvalue weighted by Crippen LogP contribution is -2.29. The van der Waals surface area contributed by atoms with Crippen LogP contribution in [0.3, 0.4) is 0 Å². The number of rotatable bonds is 5. The molecule has 0 radical (unpaired) electrons. The molecule has 1 aliphatic rings. The van der Waals surface area contributed by atoms with E-state index in [1.165, 1.54) is 17.5 Å². The minimum absolute atomic E-state index is 0.140. The van der Waals surface area contributed by atoms with Crippen molar-refractivity contribution in [2.24, 2.45) is 5.92 Å². The van der Waals surface area contributed by atoms with Crippen LogP contribution in [0.1, 0.15) is 18.4 Å². The van der Waals surface area contributed by atoms with Crippen LogP contribution < -0.4 is 10.5 Å². The molecule has 1 aliphatic carbocycles. The fourth-order valence-electron chi connectivity index (χ4n) is 1.97. The van der Waals surface area contributed by atoms with Gasteiger partial charge in [-0.05, 0) is 43.4 Å². The maximum Gasteiger partial charge on any atom is 0.246 e. The summed E-state index contributed by atoms with van der Waals surface area (Å²) in [5, 5.41) is 0. The van der Waals surface area contributed by atoms with Crippen molar-refractivity contribution < 1.29 is 13.2 Å². The molecule has 106 valence electrons. The Hall–Kier alpha value is -1.27. The SMILES string of the molecule is COc1cc(C)c(N)cc1S(=O)(=O)N(C)CC1CC1. The quantitative estimate of drug-likeness (QED) is 0.834. The summed E-state index contributed by atoms with van der Waals surface area (Å²) in [4.78, 5) is 0.140. The number of nitrogens with zero attached hydrogens (tertiary/aromatic N) is 1. The van der Waals surface area contributed by atoms with E-state index in [0.717, 1.165) is 18.4 Å². The number of anilines is 1. The predicted molar refractivity (Wildman–Crippen MR) is 74.7 cm³/mol. The van der Waals surface area contributed by atoms with Gasteiger partial charge in [-0.25, -0.2) is 12.7 Å². The number of benzene rings is 1. The van der Waals surface area contributed by atoms with Gasteiger partial charge in [0.2, 0.25) is 10.0 Å². The van der Waals surface area contributed by atoms with E-state index < -0.39 is 10.0 Å². The second kappa shape index (κ2) is 5.02. The molecule has 0 bridgehead atoms. The average Bonchev–Trinajstić information content (AvgIpc) is 3.15. The number of nitrogen functional groups attached to an aromatic ring is 1. The Morgan fingerprint density at radius 3 is 2.58 bits per heavy atom. The normalized spacial score (nSPS) is 15.8. The number of ether oxygens (including phenoxy) is 1. The van der Waals surface area contributed by atoms with Gasteiger partial charge in [0.15, 0.2) is 0 Å². The second-order valence-electron chi connectivity index (χ2n) is 5.09. The van der Waals surface area contributed by atoms with Crippen LogP contribution in [0.5, 0.6) is 5.75 Å². The largest absolute Gasteiger partial charge is 0.495 e. The third kappa shape index (κ3) is 2.84. The Labute approximate surface area is 114 Å². The van der Waals surface area contributed by atoms with Crippen molar-refractivity contribution in [2.75, 3.05) is 26.4 Å². The highest BCUT2D eigenvalue weighted by Crippen LogP contribution is 2.34. The first kappa shape index (κ1) is 14.1. The summed E-state index contributed by atoms with van der Waals surface area (Å²) in [7, 11) is -0.484. The van der Waals surface area contributed by atoms with Crippen molar-refractivity contribution in [3.05, 3.63) is 17.7 Å². The van der Waals surface area contributed by atoms with Gasteiger partial charge in [0.1, 0.15) is 10.6 Å². The smallest absolute Gasteiger partial charge is 0.246 e. The van der Waals surface area contributed by atoms with Crippen molar-refractivity contribution in [3.63, 3.8) is 0 Å². The van der Waals surface area contributed by atoms with E-state index in [1.807, 2.05) is 6.92 Å². The molecule has 0 unspecified atom stereocenters. The number of nitrogens with two attached hydrogens (primary N) is 1. The molecule has 0 amide bonds. The Balaban J connectivity index is 2.40. The molecular weight excluding hydrogens is 264 g/mol. The van der Waals surface area contributed by atoms with Crippen LogP contribution in [-0.4, -0.2) is 33.4 Å². The van der Waals surface area contributed by atoms with E-state index in [0.29, 0.717) is 23.9 Å². The van der Waals surface area contributed by atoms with E-state index in [9.17, 15) is 8.42 Å². The van der Waals surface area contributed by atoms with Crippen LogP contribution in [0.15, 0.2) is 17.0 Å². The molecule has 2 N–H and O–H groups in total. The van der Waals surface area contributed by atoms with Crippen LogP contribution in [0.4, 0.5) is 5.69 Å². The number of hydrogen-bond acceptors (Lipinski definition) is 4. The standard InChI is InChI=1S/C13H20N2O3S/c1-9-6-12(18-3)13(7-11(9)14)19(16,17)15(2)8-10-4-5-10/h6-7,10H,4-5,8,14H2,1-3H3. The monoisotopic (exact) mass is 284 g/mol. The fraction of sp³-hybridized carbons (Fsp3) is 0.538. The van der Waals surface area contributed by atoms with Gasteiger partial charge in [0, 0.05) is 19.3 Å². The second-order valence-corrected chi connectivity index (χ2v) is 7.10. The van der Waals surface area contributed by atoms with Crippen molar-refractivity contribution in [1.82, 2.24) is 4.31 Å². The molecule has 1 saturated carbocycles. The predicted octanol–water partition coefficient (Wildman–Crippen LogP) is 1.62. The molecule has 0 aliphatic heterocycles. The molecule has 19 heavy (non-hydrogen) atoms. The first-order valence-electron chi connectivity index (χ1n) is 6.26. The van der Waals surface area contributed by atoms with Gasteiger partial charge in [0.05, 0.1) is 7.11 Å². The minimum atomic E-state index is -3.55. The van der Waals surface area contributed by atoms with Crippen LogP contribution >= 0.6 is 0 Å². The van der Waals surface area contributed by atoms with Crippen LogP contribution in [0.25, 0.3) is 0 Å². The molecule has 0 aromatic heterocycles. The van der Waals surface area contributed by atoms with Gasteiger partial charge in [-0.3, -0.25) is 0 Å². The van der Waals surface area contributed by atoms with E-state index in [4.69, 9.17) is 10.5 Å². The molecule has 1 aromatic rings. The zero-order valence-corrected chi connectivity index (χ0v) is 12.3. The Morgan fingerprint density at radius 1 is 1.42 bits per heavy atom. The van der Waals surface area contributed by atoms with Gasteiger partial charge < -0.3 is 10.5 Å². The summed E-state index contributed by atoms with van der Waals surface area (Å²) in [6.45, 7) is 2.38. The molecule has 5 nitrogen and oxygen atoms in total. The lowest BCUT2D eigenvalue weighted by atomic mass is 10.2.